The van der Waals surface area contributed by atoms with E-state index in [9.17, 15) is 0 Å². The van der Waals surface area contributed by atoms with Gasteiger partial charge in [-0.1, -0.05) is 20.3 Å². The lowest BCUT2D eigenvalue weighted by Crippen LogP contribution is -2.64. The molecule has 0 spiro atoms. The van der Waals surface area contributed by atoms with Crippen molar-refractivity contribution >= 4 is 0 Å². The average molecular weight is 238 g/mol. The largest absolute Gasteiger partial charge is 0.311 e. The third kappa shape index (κ3) is 3.03. The quantitative estimate of drug-likeness (QED) is 0.792. The van der Waals surface area contributed by atoms with Crippen LogP contribution in [0.3, 0.4) is 0 Å². The number of piperazine rings is 1. The van der Waals surface area contributed by atoms with Gasteiger partial charge in [-0.3, -0.25) is 4.90 Å². The van der Waals surface area contributed by atoms with Gasteiger partial charge < -0.3 is 5.32 Å². The molecule has 17 heavy (non-hydrogen) atoms. The van der Waals surface area contributed by atoms with Gasteiger partial charge in [-0.15, -0.1) is 0 Å². The Morgan fingerprint density at radius 2 is 2.12 bits per heavy atom. The molecule has 1 saturated carbocycles. The van der Waals surface area contributed by atoms with E-state index in [-0.39, 0.29) is 0 Å². The first-order chi connectivity index (χ1) is 8.06. The predicted molar refractivity (Wildman–Crippen MR) is 74.2 cm³/mol. The summed E-state index contributed by atoms with van der Waals surface area (Å²) in [5.41, 5.74) is 0.439. The maximum absolute atomic E-state index is 3.69. The molecule has 1 N–H and O–H groups in total. The molecule has 3 unspecified atom stereocenters. The Bertz CT molecular complexity index is 249. The zero-order chi connectivity index (χ0) is 12.5. The fourth-order valence-corrected chi connectivity index (χ4v) is 3.45. The van der Waals surface area contributed by atoms with Crippen molar-refractivity contribution in [1.82, 2.24) is 10.2 Å². The summed E-state index contributed by atoms with van der Waals surface area (Å²) in [5.74, 6) is 1.81. The SMILES string of the molecule is CCCC(C)CN1CC(C)NCC1(C)C1CC1. The predicted octanol–water partition coefficient (Wildman–Crippen LogP) is 2.89. The molecule has 1 heterocycles. The Morgan fingerprint density at radius 1 is 1.41 bits per heavy atom. The van der Waals surface area contributed by atoms with E-state index >= 15 is 0 Å². The molecule has 2 fully saturated rings. The second kappa shape index (κ2) is 5.27. The third-order valence-corrected chi connectivity index (χ3v) is 4.80. The summed E-state index contributed by atoms with van der Waals surface area (Å²) >= 11 is 0. The number of nitrogens with zero attached hydrogens (tertiary/aromatic N) is 1. The van der Waals surface area contributed by atoms with E-state index in [1.165, 1.54) is 45.3 Å². The van der Waals surface area contributed by atoms with E-state index in [0.717, 1.165) is 11.8 Å². The summed E-state index contributed by atoms with van der Waals surface area (Å²) < 4.78 is 0. The molecule has 3 atom stereocenters. The monoisotopic (exact) mass is 238 g/mol. The fraction of sp³-hybridized carbons (Fsp3) is 1.00. The average Bonchev–Trinajstić information content (AvgIpc) is 3.08. The van der Waals surface area contributed by atoms with E-state index in [2.05, 4.69) is 37.9 Å². The molecule has 1 saturated heterocycles. The minimum absolute atomic E-state index is 0.439. The second-order valence-corrected chi connectivity index (χ2v) is 6.71. The maximum Gasteiger partial charge on any atom is 0.0334 e. The van der Waals surface area contributed by atoms with Crippen LogP contribution in [0.4, 0.5) is 0 Å². The third-order valence-electron chi connectivity index (χ3n) is 4.80. The van der Waals surface area contributed by atoms with Gasteiger partial charge in [-0.25, -0.2) is 0 Å². The van der Waals surface area contributed by atoms with Gasteiger partial charge in [0.2, 0.25) is 0 Å². The fourth-order valence-electron chi connectivity index (χ4n) is 3.45. The molecule has 0 aromatic heterocycles. The van der Waals surface area contributed by atoms with Crippen LogP contribution in [0.1, 0.15) is 53.4 Å². The zero-order valence-electron chi connectivity index (χ0n) is 12.1. The van der Waals surface area contributed by atoms with Gasteiger partial charge in [0.1, 0.15) is 0 Å². The Balaban J connectivity index is 1.98. The van der Waals surface area contributed by atoms with Crippen LogP contribution in [0.2, 0.25) is 0 Å². The van der Waals surface area contributed by atoms with E-state index in [1.54, 1.807) is 0 Å². The highest BCUT2D eigenvalue weighted by Gasteiger charge is 2.47. The van der Waals surface area contributed by atoms with E-state index < -0.39 is 0 Å². The van der Waals surface area contributed by atoms with Crippen LogP contribution in [-0.4, -0.2) is 36.1 Å². The number of nitrogens with one attached hydrogen (secondary N) is 1. The van der Waals surface area contributed by atoms with Crippen LogP contribution in [0.25, 0.3) is 0 Å². The van der Waals surface area contributed by atoms with Crippen LogP contribution >= 0.6 is 0 Å². The highest BCUT2D eigenvalue weighted by atomic mass is 15.3. The lowest BCUT2D eigenvalue weighted by atomic mass is 9.88. The summed E-state index contributed by atoms with van der Waals surface area (Å²) in [6, 6.07) is 0.663. The van der Waals surface area contributed by atoms with Crippen molar-refractivity contribution in [3.05, 3.63) is 0 Å². The molecule has 2 rings (SSSR count). The second-order valence-electron chi connectivity index (χ2n) is 6.71. The van der Waals surface area contributed by atoms with Gasteiger partial charge in [0, 0.05) is 31.2 Å². The molecule has 0 aromatic carbocycles. The lowest BCUT2D eigenvalue weighted by molar-refractivity contribution is 0.0258. The standard InChI is InChI=1S/C15H30N2/c1-5-6-12(2)9-17-10-13(3)16-11-15(17,4)14-7-8-14/h12-14,16H,5-11H2,1-4H3. The molecule has 0 bridgehead atoms. The highest BCUT2D eigenvalue weighted by molar-refractivity contribution is 5.04. The number of hydrogen-bond acceptors (Lipinski definition) is 2. The molecular formula is C15H30N2. The lowest BCUT2D eigenvalue weighted by Gasteiger charge is -2.49. The van der Waals surface area contributed by atoms with Crippen LogP contribution < -0.4 is 5.32 Å². The minimum Gasteiger partial charge on any atom is -0.311 e. The van der Waals surface area contributed by atoms with E-state index in [1.807, 2.05) is 0 Å². The van der Waals surface area contributed by atoms with Crippen molar-refractivity contribution < 1.29 is 0 Å². The zero-order valence-corrected chi connectivity index (χ0v) is 12.1. The Labute approximate surface area is 107 Å². The van der Waals surface area contributed by atoms with Crippen molar-refractivity contribution in [3.63, 3.8) is 0 Å². The van der Waals surface area contributed by atoms with Crippen LogP contribution in [0.15, 0.2) is 0 Å². The van der Waals surface area contributed by atoms with Gasteiger partial charge in [0.15, 0.2) is 0 Å². The number of rotatable bonds is 5. The minimum atomic E-state index is 0.439. The molecule has 0 aromatic rings. The summed E-state index contributed by atoms with van der Waals surface area (Å²) in [5, 5.41) is 3.69. The molecule has 0 radical (unpaired) electrons. The Hall–Kier alpha value is -0.0800. The van der Waals surface area contributed by atoms with Crippen LogP contribution in [-0.2, 0) is 0 Å². The van der Waals surface area contributed by atoms with Crippen molar-refractivity contribution in [2.75, 3.05) is 19.6 Å². The van der Waals surface area contributed by atoms with Gasteiger partial charge in [0.05, 0.1) is 0 Å². The first-order valence-electron chi connectivity index (χ1n) is 7.54. The molecule has 1 aliphatic heterocycles. The summed E-state index contributed by atoms with van der Waals surface area (Å²) in [7, 11) is 0. The molecule has 0 amide bonds. The van der Waals surface area contributed by atoms with Gasteiger partial charge in [0.25, 0.3) is 0 Å². The molecule has 2 heteroatoms. The first-order valence-corrected chi connectivity index (χ1v) is 7.54. The van der Waals surface area contributed by atoms with Crippen molar-refractivity contribution in [1.29, 1.82) is 0 Å². The van der Waals surface area contributed by atoms with Crippen LogP contribution in [0, 0.1) is 11.8 Å². The van der Waals surface area contributed by atoms with Gasteiger partial charge in [-0.2, -0.15) is 0 Å². The van der Waals surface area contributed by atoms with Crippen LogP contribution in [0.5, 0.6) is 0 Å². The molecule has 100 valence electrons. The van der Waals surface area contributed by atoms with Gasteiger partial charge >= 0.3 is 0 Å². The molecule has 2 nitrogen and oxygen atoms in total. The number of hydrogen-bond donors (Lipinski definition) is 1. The highest BCUT2D eigenvalue weighted by Crippen LogP contribution is 2.44. The summed E-state index contributed by atoms with van der Waals surface area (Å²) in [4.78, 5) is 2.80. The summed E-state index contributed by atoms with van der Waals surface area (Å²) in [6.45, 7) is 13.3. The maximum atomic E-state index is 3.69. The smallest absolute Gasteiger partial charge is 0.0334 e. The van der Waals surface area contributed by atoms with Crippen molar-refractivity contribution in [2.45, 2.75) is 65.0 Å². The Morgan fingerprint density at radius 3 is 2.71 bits per heavy atom. The summed E-state index contributed by atoms with van der Waals surface area (Å²) in [6.07, 6.45) is 5.60. The normalized spacial score (nSPS) is 37.1. The first kappa shape index (κ1) is 13.4. The van der Waals surface area contributed by atoms with Gasteiger partial charge in [-0.05, 0) is 44.9 Å². The molecule has 1 aliphatic carbocycles. The Kier molecular flexibility index (Phi) is 4.14. The van der Waals surface area contributed by atoms with E-state index in [0.29, 0.717) is 11.6 Å². The topological polar surface area (TPSA) is 15.3 Å². The molecule has 2 aliphatic rings. The molecular weight excluding hydrogens is 208 g/mol. The van der Waals surface area contributed by atoms with Crippen molar-refractivity contribution in [3.8, 4) is 0 Å². The van der Waals surface area contributed by atoms with Crippen molar-refractivity contribution in [2.24, 2.45) is 11.8 Å². The van der Waals surface area contributed by atoms with E-state index in [4.69, 9.17) is 0 Å².